The number of nitrogens with zero attached hydrogens (tertiary/aromatic N) is 1. The zero-order valence-electron chi connectivity index (χ0n) is 16.6. The van der Waals surface area contributed by atoms with Crippen LogP contribution in [0.2, 0.25) is 10.0 Å². The maximum absolute atomic E-state index is 12.4. The van der Waals surface area contributed by atoms with E-state index in [9.17, 15) is 18.0 Å². The molecule has 0 unspecified atom stereocenters. The largest absolute Gasteiger partial charge is 0.461 e. The van der Waals surface area contributed by atoms with Crippen LogP contribution in [0.25, 0.3) is 0 Å². The van der Waals surface area contributed by atoms with E-state index in [4.69, 9.17) is 27.9 Å². The molecule has 0 bridgehead atoms. The number of likely N-dealkylation sites (tertiary alicyclic amines) is 1. The molecule has 166 valence electrons. The van der Waals surface area contributed by atoms with Gasteiger partial charge in [0.25, 0.3) is 5.91 Å². The van der Waals surface area contributed by atoms with Crippen LogP contribution >= 0.6 is 23.2 Å². The Kier molecular flexibility index (Phi) is 7.94. The molecule has 31 heavy (non-hydrogen) atoms. The first-order chi connectivity index (χ1) is 14.8. The third-order valence-corrected chi connectivity index (χ3v) is 7.22. The third kappa shape index (κ3) is 6.20. The summed E-state index contributed by atoms with van der Waals surface area (Å²) < 4.78 is 32.2. The predicted molar refractivity (Wildman–Crippen MR) is 118 cm³/mol. The summed E-state index contributed by atoms with van der Waals surface area (Å²) in [5, 5.41) is -0.0107. The lowest BCUT2D eigenvalue weighted by Gasteiger charge is -2.15. The molecule has 0 aliphatic carbocycles. The number of ether oxygens (including phenoxy) is 1. The number of carbonyl (C=O) groups excluding carboxylic acids is 2. The summed E-state index contributed by atoms with van der Waals surface area (Å²) in [5.41, 5.74) is 1.33. The highest BCUT2D eigenvalue weighted by Crippen LogP contribution is 2.28. The average molecular weight is 485 g/mol. The Morgan fingerprint density at radius 2 is 1.61 bits per heavy atom. The summed E-state index contributed by atoms with van der Waals surface area (Å²) in [5.74, 6) is -0.558. The lowest BCUT2D eigenvalue weighted by Crippen LogP contribution is -2.27. The molecule has 1 fully saturated rings. The highest BCUT2D eigenvalue weighted by Gasteiger charge is 2.22. The zero-order valence-corrected chi connectivity index (χ0v) is 19.0. The quantitative estimate of drug-likeness (QED) is 0.577. The maximum atomic E-state index is 12.4. The summed E-state index contributed by atoms with van der Waals surface area (Å²) in [6, 6.07) is 11.3. The zero-order chi connectivity index (χ0) is 22.4. The Hall–Kier alpha value is -2.13. The lowest BCUT2D eigenvalue weighted by molar-refractivity contribution is -0.144. The number of hydrogen-bond donors (Lipinski definition) is 1. The van der Waals surface area contributed by atoms with Crippen molar-refractivity contribution in [2.24, 2.45) is 0 Å². The second-order valence-corrected chi connectivity index (χ2v) is 9.57. The molecule has 1 N–H and O–H groups in total. The van der Waals surface area contributed by atoms with Gasteiger partial charge in [-0.05, 0) is 42.7 Å². The molecule has 1 heterocycles. The van der Waals surface area contributed by atoms with Gasteiger partial charge in [0.2, 0.25) is 10.0 Å². The van der Waals surface area contributed by atoms with Crippen molar-refractivity contribution < 1.29 is 22.7 Å². The van der Waals surface area contributed by atoms with Gasteiger partial charge in [0.15, 0.2) is 0 Å². The molecule has 0 radical (unpaired) electrons. The van der Waals surface area contributed by atoms with Crippen LogP contribution in [-0.2, 0) is 26.2 Å². The van der Waals surface area contributed by atoms with Gasteiger partial charge < -0.3 is 9.64 Å². The number of sulfonamides is 1. The van der Waals surface area contributed by atoms with Crippen molar-refractivity contribution in [1.82, 2.24) is 9.62 Å². The minimum atomic E-state index is -3.96. The first-order valence-electron chi connectivity index (χ1n) is 9.75. The van der Waals surface area contributed by atoms with Crippen LogP contribution in [-0.4, -0.2) is 44.8 Å². The number of amides is 1. The van der Waals surface area contributed by atoms with Crippen LogP contribution in [0.1, 0.15) is 35.2 Å². The van der Waals surface area contributed by atoms with E-state index in [1.54, 1.807) is 24.3 Å². The van der Waals surface area contributed by atoms with Crippen molar-refractivity contribution in [2.45, 2.75) is 30.8 Å². The van der Waals surface area contributed by atoms with Crippen molar-refractivity contribution in [1.29, 1.82) is 0 Å². The number of halogens is 2. The van der Waals surface area contributed by atoms with Crippen molar-refractivity contribution in [3.63, 3.8) is 0 Å². The summed E-state index contributed by atoms with van der Waals surface area (Å²) in [7, 11) is -3.96. The molecule has 1 aliphatic rings. The Morgan fingerprint density at radius 1 is 1.00 bits per heavy atom. The van der Waals surface area contributed by atoms with E-state index in [-0.39, 0.29) is 40.4 Å². The number of nitrogens with one attached hydrogen (secondary N) is 1. The second kappa shape index (κ2) is 10.5. The molecule has 1 saturated heterocycles. The highest BCUT2D eigenvalue weighted by atomic mass is 35.5. The molecule has 7 nitrogen and oxygen atoms in total. The maximum Gasteiger partial charge on any atom is 0.307 e. The van der Waals surface area contributed by atoms with E-state index < -0.39 is 16.0 Å². The SMILES string of the molecule is O=C(CCNS(=O)(=O)c1c(Cl)cccc1Cl)OCc1ccc(C(=O)N2CCCC2)cc1. The Bertz CT molecular complexity index is 1030. The van der Waals surface area contributed by atoms with Crippen molar-refractivity contribution in [2.75, 3.05) is 19.6 Å². The fourth-order valence-corrected chi connectivity index (χ4v) is 5.35. The molecule has 0 atom stereocenters. The van der Waals surface area contributed by atoms with Gasteiger partial charge in [-0.1, -0.05) is 41.4 Å². The fraction of sp³-hybridized carbons (Fsp3) is 0.333. The summed E-state index contributed by atoms with van der Waals surface area (Å²) in [6.07, 6.45) is 1.90. The minimum absolute atomic E-state index is 0.00534. The van der Waals surface area contributed by atoms with Crippen LogP contribution < -0.4 is 4.72 Å². The Morgan fingerprint density at radius 3 is 2.23 bits per heavy atom. The van der Waals surface area contributed by atoms with Crippen LogP contribution in [0.3, 0.4) is 0 Å². The van der Waals surface area contributed by atoms with Gasteiger partial charge in [0, 0.05) is 25.2 Å². The average Bonchev–Trinajstić information content (AvgIpc) is 3.26. The van der Waals surface area contributed by atoms with Gasteiger partial charge >= 0.3 is 5.97 Å². The van der Waals surface area contributed by atoms with Crippen LogP contribution in [0.15, 0.2) is 47.4 Å². The predicted octanol–water partition coefficient (Wildman–Crippen LogP) is 3.64. The fourth-order valence-electron chi connectivity index (χ4n) is 3.18. The first kappa shape index (κ1) is 23.5. The molecule has 3 rings (SSSR count). The van der Waals surface area contributed by atoms with Crippen molar-refractivity contribution in [3.8, 4) is 0 Å². The van der Waals surface area contributed by atoms with Crippen LogP contribution in [0.5, 0.6) is 0 Å². The molecule has 0 spiro atoms. The Labute approximate surface area is 191 Å². The van der Waals surface area contributed by atoms with Gasteiger partial charge in [0.1, 0.15) is 11.5 Å². The molecule has 10 heteroatoms. The van der Waals surface area contributed by atoms with Gasteiger partial charge in [-0.3, -0.25) is 9.59 Å². The number of benzene rings is 2. The molecule has 0 saturated carbocycles. The molecule has 1 amide bonds. The number of hydrogen-bond acceptors (Lipinski definition) is 5. The molecular formula is C21H22Cl2N2O5S. The number of carbonyl (C=O) groups is 2. The topological polar surface area (TPSA) is 92.8 Å². The van der Waals surface area contributed by atoms with Gasteiger partial charge in [-0.2, -0.15) is 0 Å². The van der Waals surface area contributed by atoms with Gasteiger partial charge in [-0.25, -0.2) is 13.1 Å². The number of esters is 1. The van der Waals surface area contributed by atoms with Gasteiger partial charge in [-0.15, -0.1) is 0 Å². The van der Waals surface area contributed by atoms with E-state index in [1.165, 1.54) is 18.2 Å². The monoisotopic (exact) mass is 484 g/mol. The molecule has 2 aromatic carbocycles. The second-order valence-electron chi connectivity index (χ2n) is 7.06. The van der Waals surface area contributed by atoms with Gasteiger partial charge in [0.05, 0.1) is 16.5 Å². The van der Waals surface area contributed by atoms with Crippen LogP contribution in [0.4, 0.5) is 0 Å². The Balaban J connectivity index is 1.45. The van der Waals surface area contributed by atoms with E-state index >= 15 is 0 Å². The highest BCUT2D eigenvalue weighted by molar-refractivity contribution is 7.89. The molecule has 1 aliphatic heterocycles. The minimum Gasteiger partial charge on any atom is -0.461 e. The molecule has 2 aromatic rings. The lowest BCUT2D eigenvalue weighted by atomic mass is 10.1. The van der Waals surface area contributed by atoms with E-state index in [2.05, 4.69) is 4.72 Å². The van der Waals surface area contributed by atoms with E-state index in [0.29, 0.717) is 5.56 Å². The molecular weight excluding hydrogens is 463 g/mol. The van der Waals surface area contributed by atoms with Crippen molar-refractivity contribution in [3.05, 3.63) is 63.6 Å². The standard InChI is InChI=1S/C21H22Cl2N2O5S/c22-17-4-3-5-18(23)20(17)31(28,29)24-11-10-19(26)30-14-15-6-8-16(9-7-15)21(27)25-12-1-2-13-25/h3-9,24H,1-2,10-14H2. The summed E-state index contributed by atoms with van der Waals surface area (Å²) in [4.78, 5) is 25.9. The van der Waals surface area contributed by atoms with E-state index in [0.717, 1.165) is 31.5 Å². The van der Waals surface area contributed by atoms with Crippen molar-refractivity contribution >= 4 is 45.1 Å². The molecule has 0 aromatic heterocycles. The smallest absolute Gasteiger partial charge is 0.307 e. The number of rotatable bonds is 8. The summed E-state index contributed by atoms with van der Waals surface area (Å²) >= 11 is 11.8. The van der Waals surface area contributed by atoms with Crippen LogP contribution in [0, 0.1) is 0 Å². The normalized spacial score (nSPS) is 13.9. The third-order valence-electron chi connectivity index (χ3n) is 4.80. The first-order valence-corrected chi connectivity index (χ1v) is 12.0. The summed E-state index contributed by atoms with van der Waals surface area (Å²) in [6.45, 7) is 1.43. The van der Waals surface area contributed by atoms with E-state index in [1.807, 2.05) is 4.90 Å².